The first-order valence-electron chi connectivity index (χ1n) is 5.07. The molecule has 0 saturated carbocycles. The summed E-state index contributed by atoms with van der Waals surface area (Å²) < 4.78 is 5.26. The van der Waals surface area contributed by atoms with Crippen LogP contribution >= 0.6 is 0 Å². The van der Waals surface area contributed by atoms with Crippen molar-refractivity contribution in [2.24, 2.45) is 0 Å². The number of nitrogens with zero attached hydrogens (tertiary/aromatic N) is 3. The van der Waals surface area contributed by atoms with E-state index in [1.54, 1.807) is 13.0 Å². The molecule has 0 spiro atoms. The molecule has 1 heterocycles. The van der Waals surface area contributed by atoms with Gasteiger partial charge in [0, 0.05) is 12.3 Å². The first kappa shape index (κ1) is 11.8. The third-order valence-electron chi connectivity index (χ3n) is 2.17. The van der Waals surface area contributed by atoms with Crippen LogP contribution in [-0.4, -0.2) is 14.9 Å². The fraction of sp³-hybridized carbons (Fsp3) is 0.0909. The number of rotatable bonds is 3. The maximum Gasteiger partial charge on any atom is 0.324 e. The fourth-order valence-corrected chi connectivity index (χ4v) is 1.36. The highest BCUT2D eigenvalue weighted by Gasteiger charge is 2.16. The maximum absolute atomic E-state index is 10.9. The van der Waals surface area contributed by atoms with Gasteiger partial charge in [0.2, 0.25) is 5.75 Å². The summed E-state index contributed by atoms with van der Waals surface area (Å²) in [4.78, 5) is 18.0. The maximum atomic E-state index is 10.9. The Labute approximate surface area is 102 Å². The average molecular weight is 246 g/mol. The Balaban J connectivity index is 2.37. The highest BCUT2D eigenvalue weighted by atomic mass is 16.6. The Morgan fingerprint density at radius 3 is 2.83 bits per heavy atom. The van der Waals surface area contributed by atoms with E-state index in [0.29, 0.717) is 0 Å². The molecule has 1 aromatic heterocycles. The zero-order valence-electron chi connectivity index (χ0n) is 9.53. The van der Waals surface area contributed by atoms with Crippen molar-refractivity contribution in [1.82, 2.24) is 9.97 Å². The summed E-state index contributed by atoms with van der Waals surface area (Å²) >= 11 is 0. The van der Waals surface area contributed by atoms with E-state index in [1.165, 1.54) is 24.4 Å². The molecule has 7 nitrogen and oxygen atoms in total. The molecule has 2 N–H and O–H groups in total. The van der Waals surface area contributed by atoms with Gasteiger partial charge in [-0.05, 0) is 24.6 Å². The Morgan fingerprint density at radius 1 is 1.39 bits per heavy atom. The molecule has 92 valence electrons. The molecule has 0 aliphatic heterocycles. The summed E-state index contributed by atoms with van der Waals surface area (Å²) in [6.45, 7) is 1.76. The quantitative estimate of drug-likeness (QED) is 0.656. The van der Waals surface area contributed by atoms with Gasteiger partial charge >= 0.3 is 11.7 Å². The number of nitro groups is 1. The number of aryl methyl sites for hydroxylation is 1. The Hall–Kier alpha value is -2.70. The monoisotopic (exact) mass is 246 g/mol. The van der Waals surface area contributed by atoms with Crippen LogP contribution < -0.4 is 10.5 Å². The van der Waals surface area contributed by atoms with Crippen molar-refractivity contribution in [2.75, 3.05) is 5.73 Å². The van der Waals surface area contributed by atoms with Crippen LogP contribution in [0.1, 0.15) is 5.56 Å². The molecule has 18 heavy (non-hydrogen) atoms. The van der Waals surface area contributed by atoms with E-state index >= 15 is 0 Å². The first-order valence-corrected chi connectivity index (χ1v) is 5.07. The lowest BCUT2D eigenvalue weighted by Crippen LogP contribution is -1.98. The smallest absolute Gasteiger partial charge is 0.324 e. The van der Waals surface area contributed by atoms with Crippen molar-refractivity contribution in [3.05, 3.63) is 46.1 Å². The van der Waals surface area contributed by atoms with E-state index in [2.05, 4.69) is 9.97 Å². The molecule has 0 atom stereocenters. The highest BCUT2D eigenvalue weighted by molar-refractivity contribution is 5.49. The molecule has 0 unspecified atom stereocenters. The third kappa shape index (κ3) is 2.51. The van der Waals surface area contributed by atoms with Crippen LogP contribution in [0.25, 0.3) is 0 Å². The number of ether oxygens (including phenoxy) is 1. The number of nitrogens with two attached hydrogens (primary N) is 1. The molecule has 0 aliphatic rings. The number of hydrogen-bond donors (Lipinski definition) is 1. The van der Waals surface area contributed by atoms with E-state index < -0.39 is 4.92 Å². The van der Waals surface area contributed by atoms with Crippen molar-refractivity contribution in [3.63, 3.8) is 0 Å². The lowest BCUT2D eigenvalue weighted by atomic mass is 10.2. The molecule has 0 aliphatic carbocycles. The summed E-state index contributed by atoms with van der Waals surface area (Å²) in [5.41, 5.74) is 6.10. The van der Waals surface area contributed by atoms with Gasteiger partial charge in [-0.2, -0.15) is 4.98 Å². The SMILES string of the molecule is Cc1ccc(Oc2nccc(N)n2)c([N+](=O)[O-])c1. The summed E-state index contributed by atoms with van der Waals surface area (Å²) in [5.74, 6) is 0.311. The lowest BCUT2D eigenvalue weighted by molar-refractivity contribution is -0.385. The molecule has 2 aromatic rings. The van der Waals surface area contributed by atoms with E-state index in [0.717, 1.165) is 5.56 Å². The van der Waals surface area contributed by atoms with Crippen LogP contribution in [0.5, 0.6) is 11.8 Å². The standard InChI is InChI=1S/C11H10N4O3/c1-7-2-3-9(8(6-7)15(16)17)18-11-13-5-4-10(12)14-11/h2-6H,1H3,(H2,12,13,14). The molecule has 0 bridgehead atoms. The van der Waals surface area contributed by atoms with Crippen LogP contribution in [0.3, 0.4) is 0 Å². The zero-order chi connectivity index (χ0) is 13.1. The van der Waals surface area contributed by atoms with Gasteiger partial charge in [0.15, 0.2) is 0 Å². The topological polar surface area (TPSA) is 104 Å². The summed E-state index contributed by atoms with van der Waals surface area (Å²) in [6, 6.07) is 6.09. The van der Waals surface area contributed by atoms with E-state index in [1.807, 2.05) is 0 Å². The van der Waals surface area contributed by atoms with Crippen molar-refractivity contribution in [3.8, 4) is 11.8 Å². The number of benzene rings is 1. The second-order valence-corrected chi connectivity index (χ2v) is 3.59. The third-order valence-corrected chi connectivity index (χ3v) is 2.17. The van der Waals surface area contributed by atoms with Gasteiger partial charge < -0.3 is 10.5 Å². The van der Waals surface area contributed by atoms with Gasteiger partial charge in [-0.3, -0.25) is 10.1 Å². The normalized spacial score (nSPS) is 10.1. The molecule has 0 fully saturated rings. The molecule has 0 radical (unpaired) electrons. The van der Waals surface area contributed by atoms with Crippen molar-refractivity contribution >= 4 is 11.5 Å². The minimum Gasteiger partial charge on any atom is -0.417 e. The van der Waals surface area contributed by atoms with E-state index in [9.17, 15) is 10.1 Å². The first-order chi connectivity index (χ1) is 8.56. The summed E-state index contributed by atoms with van der Waals surface area (Å²) in [7, 11) is 0. The molecule has 0 amide bonds. The molecular formula is C11H10N4O3. The van der Waals surface area contributed by atoms with Crippen molar-refractivity contribution in [2.45, 2.75) is 6.92 Å². The Bertz CT molecular complexity index is 601. The number of aromatic nitrogens is 2. The van der Waals surface area contributed by atoms with Gasteiger partial charge in [-0.15, -0.1) is 0 Å². The average Bonchev–Trinajstić information content (AvgIpc) is 2.31. The largest absolute Gasteiger partial charge is 0.417 e. The highest BCUT2D eigenvalue weighted by Crippen LogP contribution is 2.30. The van der Waals surface area contributed by atoms with Gasteiger partial charge in [-0.1, -0.05) is 6.07 Å². The molecular weight excluding hydrogens is 236 g/mol. The molecule has 2 rings (SSSR count). The number of anilines is 1. The molecule has 1 aromatic carbocycles. The van der Waals surface area contributed by atoms with E-state index in [-0.39, 0.29) is 23.3 Å². The van der Waals surface area contributed by atoms with Gasteiger partial charge in [0.25, 0.3) is 0 Å². The molecule has 7 heteroatoms. The second kappa shape index (κ2) is 4.66. The Kier molecular flexibility index (Phi) is 3.05. The lowest BCUT2D eigenvalue weighted by Gasteiger charge is -2.05. The predicted molar refractivity (Wildman–Crippen MR) is 64.4 cm³/mol. The van der Waals surface area contributed by atoms with Crippen molar-refractivity contribution in [1.29, 1.82) is 0 Å². The van der Waals surface area contributed by atoms with Gasteiger partial charge in [0.05, 0.1) is 4.92 Å². The van der Waals surface area contributed by atoms with Crippen molar-refractivity contribution < 1.29 is 9.66 Å². The van der Waals surface area contributed by atoms with Crippen LogP contribution in [-0.2, 0) is 0 Å². The predicted octanol–water partition coefficient (Wildman–Crippen LogP) is 2.07. The minimum absolute atomic E-state index is 0.0260. The van der Waals surface area contributed by atoms with E-state index in [4.69, 9.17) is 10.5 Å². The summed E-state index contributed by atoms with van der Waals surface area (Å²) in [6.07, 6.45) is 1.41. The van der Waals surface area contributed by atoms with Crippen LogP contribution in [0.15, 0.2) is 30.5 Å². The zero-order valence-corrected chi connectivity index (χ0v) is 9.53. The Morgan fingerprint density at radius 2 is 2.17 bits per heavy atom. The molecule has 0 saturated heterocycles. The number of hydrogen-bond acceptors (Lipinski definition) is 6. The number of nitro benzene ring substituents is 1. The van der Waals surface area contributed by atoms with Crippen LogP contribution in [0.2, 0.25) is 0 Å². The van der Waals surface area contributed by atoms with Gasteiger partial charge in [0.1, 0.15) is 5.82 Å². The number of nitrogen functional groups attached to an aromatic ring is 1. The second-order valence-electron chi connectivity index (χ2n) is 3.59. The van der Waals surface area contributed by atoms with Crippen LogP contribution in [0.4, 0.5) is 11.5 Å². The van der Waals surface area contributed by atoms with Gasteiger partial charge in [-0.25, -0.2) is 4.98 Å². The fourth-order valence-electron chi connectivity index (χ4n) is 1.36. The minimum atomic E-state index is -0.519. The van der Waals surface area contributed by atoms with Crippen LogP contribution in [0, 0.1) is 17.0 Å². The summed E-state index contributed by atoms with van der Waals surface area (Å²) in [5, 5.41) is 10.9.